The molecule has 4 nitrogen and oxygen atoms in total. The number of hydrogen-bond acceptors (Lipinski definition) is 2. The molecule has 1 fully saturated rings. The molecule has 3 N–H and O–H groups in total. The van der Waals surface area contributed by atoms with E-state index >= 15 is 0 Å². The lowest BCUT2D eigenvalue weighted by atomic mass is 10.1. The standard InChI is InChI=1S/C17H15Cl2N3OS/c18-11-3-1-10(2-4-11)14-9-15(14)16(23)21-22-17(24)20-13-7-5-12(19)6-8-13/h1-8,14-15H,9H2,(H,21,23)(H2,20,22,24)/t14-,15-/m0/s1. The summed E-state index contributed by atoms with van der Waals surface area (Å²) in [4.78, 5) is 12.2. The fourth-order valence-electron chi connectivity index (χ4n) is 2.47. The average molecular weight is 380 g/mol. The van der Waals surface area contributed by atoms with Crippen LogP contribution in [0.25, 0.3) is 0 Å². The van der Waals surface area contributed by atoms with Gasteiger partial charge in [0.1, 0.15) is 0 Å². The van der Waals surface area contributed by atoms with Crippen molar-refractivity contribution in [3.05, 3.63) is 64.1 Å². The molecule has 1 aliphatic rings. The van der Waals surface area contributed by atoms with Gasteiger partial charge in [-0.15, -0.1) is 0 Å². The molecule has 0 aliphatic heterocycles. The quantitative estimate of drug-likeness (QED) is 0.554. The first kappa shape index (κ1) is 17.0. The predicted octanol–water partition coefficient (Wildman–Crippen LogP) is 4.11. The van der Waals surface area contributed by atoms with Crippen molar-refractivity contribution in [2.75, 3.05) is 5.32 Å². The molecule has 0 unspecified atom stereocenters. The fraction of sp³-hybridized carbons (Fsp3) is 0.176. The summed E-state index contributed by atoms with van der Waals surface area (Å²) in [5.74, 6) is 0.120. The number of anilines is 1. The maximum Gasteiger partial charge on any atom is 0.242 e. The number of benzene rings is 2. The fourth-order valence-corrected chi connectivity index (χ4v) is 2.89. The summed E-state index contributed by atoms with van der Waals surface area (Å²) in [6.45, 7) is 0. The van der Waals surface area contributed by atoms with E-state index in [0.29, 0.717) is 15.2 Å². The van der Waals surface area contributed by atoms with Crippen molar-refractivity contribution in [1.82, 2.24) is 10.9 Å². The molecule has 2 aromatic carbocycles. The molecule has 1 aliphatic carbocycles. The summed E-state index contributed by atoms with van der Waals surface area (Å²) in [5, 5.41) is 4.62. The molecule has 2 aromatic rings. The predicted molar refractivity (Wildman–Crippen MR) is 101 cm³/mol. The van der Waals surface area contributed by atoms with Gasteiger partial charge in [0.25, 0.3) is 0 Å². The molecule has 0 aromatic heterocycles. The van der Waals surface area contributed by atoms with E-state index in [1.807, 2.05) is 24.3 Å². The molecule has 1 amide bonds. The van der Waals surface area contributed by atoms with Crippen LogP contribution in [0.5, 0.6) is 0 Å². The topological polar surface area (TPSA) is 53.2 Å². The molecule has 1 saturated carbocycles. The van der Waals surface area contributed by atoms with Crippen LogP contribution in [0.3, 0.4) is 0 Å². The van der Waals surface area contributed by atoms with Gasteiger partial charge in [-0.05, 0) is 66.5 Å². The van der Waals surface area contributed by atoms with Gasteiger partial charge in [-0.25, -0.2) is 0 Å². The number of amides is 1. The summed E-state index contributed by atoms with van der Waals surface area (Å²) < 4.78 is 0. The van der Waals surface area contributed by atoms with Gasteiger partial charge in [-0.1, -0.05) is 35.3 Å². The lowest BCUT2D eigenvalue weighted by Gasteiger charge is -2.11. The van der Waals surface area contributed by atoms with Crippen LogP contribution in [0, 0.1) is 5.92 Å². The average Bonchev–Trinajstić information content (AvgIpc) is 3.36. The molecule has 3 rings (SSSR count). The normalized spacial score (nSPS) is 18.6. The number of carbonyl (C=O) groups excluding carboxylic acids is 1. The molecular formula is C17H15Cl2N3OS. The number of hydrogen-bond donors (Lipinski definition) is 3. The van der Waals surface area contributed by atoms with E-state index in [9.17, 15) is 4.79 Å². The first-order valence-corrected chi connectivity index (χ1v) is 8.57. The summed E-state index contributed by atoms with van der Waals surface area (Å²) in [5.41, 5.74) is 7.27. The highest BCUT2D eigenvalue weighted by Crippen LogP contribution is 2.47. The van der Waals surface area contributed by atoms with E-state index in [4.69, 9.17) is 35.4 Å². The summed E-state index contributed by atoms with van der Waals surface area (Å²) in [7, 11) is 0. The molecule has 24 heavy (non-hydrogen) atoms. The van der Waals surface area contributed by atoms with E-state index in [2.05, 4.69) is 16.2 Å². The highest BCUT2D eigenvalue weighted by molar-refractivity contribution is 7.80. The molecule has 0 radical (unpaired) electrons. The highest BCUT2D eigenvalue weighted by atomic mass is 35.5. The van der Waals surface area contributed by atoms with Gasteiger partial charge in [0.15, 0.2) is 5.11 Å². The minimum atomic E-state index is -0.0739. The second-order valence-corrected chi connectivity index (χ2v) is 6.86. The molecule has 2 atom stereocenters. The zero-order valence-corrected chi connectivity index (χ0v) is 14.9. The Labute approximate surface area is 155 Å². The van der Waals surface area contributed by atoms with Crippen LogP contribution in [0.1, 0.15) is 17.9 Å². The Balaban J connectivity index is 1.45. The third-order valence-corrected chi connectivity index (χ3v) is 4.53. The van der Waals surface area contributed by atoms with Crippen molar-refractivity contribution < 1.29 is 4.79 Å². The molecule has 0 spiro atoms. The minimum Gasteiger partial charge on any atom is -0.331 e. The molecule has 0 saturated heterocycles. The monoisotopic (exact) mass is 379 g/mol. The Morgan fingerprint density at radius 1 is 0.958 bits per heavy atom. The summed E-state index contributed by atoms with van der Waals surface area (Å²) in [6, 6.07) is 14.7. The SMILES string of the molecule is O=C(NNC(=S)Nc1ccc(Cl)cc1)[C@H]1C[C@H]1c1ccc(Cl)cc1. The molecule has 124 valence electrons. The molecule has 7 heteroatoms. The van der Waals surface area contributed by atoms with Crippen LogP contribution >= 0.6 is 35.4 Å². The lowest BCUT2D eigenvalue weighted by Crippen LogP contribution is -2.44. The number of rotatable bonds is 3. The van der Waals surface area contributed by atoms with Crippen molar-refractivity contribution in [1.29, 1.82) is 0 Å². The first-order chi connectivity index (χ1) is 11.5. The van der Waals surface area contributed by atoms with Crippen LogP contribution < -0.4 is 16.2 Å². The van der Waals surface area contributed by atoms with Crippen molar-refractivity contribution in [3.63, 3.8) is 0 Å². The first-order valence-electron chi connectivity index (χ1n) is 7.41. The van der Waals surface area contributed by atoms with Crippen molar-refractivity contribution >= 4 is 52.1 Å². The maximum atomic E-state index is 12.2. The molecular weight excluding hydrogens is 365 g/mol. The molecule has 0 heterocycles. The van der Waals surface area contributed by atoms with Crippen molar-refractivity contribution in [2.24, 2.45) is 5.92 Å². The highest BCUT2D eigenvalue weighted by Gasteiger charge is 2.43. The smallest absolute Gasteiger partial charge is 0.242 e. The number of carbonyl (C=O) groups is 1. The van der Waals surface area contributed by atoms with Gasteiger partial charge in [0.2, 0.25) is 5.91 Å². The largest absolute Gasteiger partial charge is 0.331 e. The van der Waals surface area contributed by atoms with Gasteiger partial charge >= 0.3 is 0 Å². The maximum absolute atomic E-state index is 12.2. The van der Waals surface area contributed by atoms with E-state index in [1.165, 1.54) is 0 Å². The number of nitrogens with one attached hydrogen (secondary N) is 3. The van der Waals surface area contributed by atoms with E-state index in [1.54, 1.807) is 24.3 Å². The van der Waals surface area contributed by atoms with Gasteiger partial charge in [-0.3, -0.25) is 15.6 Å². The minimum absolute atomic E-state index is 0.0444. The Hall–Kier alpha value is -1.82. The van der Waals surface area contributed by atoms with Gasteiger partial charge < -0.3 is 5.32 Å². The lowest BCUT2D eigenvalue weighted by molar-refractivity contribution is -0.122. The third kappa shape index (κ3) is 4.38. The zero-order chi connectivity index (χ0) is 17.1. The van der Waals surface area contributed by atoms with Crippen LogP contribution in [-0.2, 0) is 4.79 Å². The van der Waals surface area contributed by atoms with Crippen LogP contribution in [0.2, 0.25) is 10.0 Å². The number of thiocarbonyl (C=S) groups is 1. The van der Waals surface area contributed by atoms with E-state index in [0.717, 1.165) is 17.7 Å². The van der Waals surface area contributed by atoms with Crippen molar-refractivity contribution in [3.8, 4) is 0 Å². The number of halogens is 2. The Morgan fingerprint density at radius 2 is 1.54 bits per heavy atom. The zero-order valence-electron chi connectivity index (χ0n) is 12.6. The summed E-state index contributed by atoms with van der Waals surface area (Å²) >= 11 is 16.8. The van der Waals surface area contributed by atoms with Gasteiger partial charge in [0.05, 0.1) is 0 Å². The number of hydrazine groups is 1. The Kier molecular flexibility index (Phi) is 5.23. The Morgan fingerprint density at radius 3 is 2.17 bits per heavy atom. The van der Waals surface area contributed by atoms with Gasteiger partial charge in [-0.2, -0.15) is 0 Å². The second kappa shape index (κ2) is 7.38. The van der Waals surface area contributed by atoms with E-state index < -0.39 is 0 Å². The Bertz CT molecular complexity index is 749. The summed E-state index contributed by atoms with van der Waals surface area (Å²) in [6.07, 6.45) is 0.826. The van der Waals surface area contributed by atoms with Crippen LogP contribution in [0.15, 0.2) is 48.5 Å². The van der Waals surface area contributed by atoms with E-state index in [-0.39, 0.29) is 17.7 Å². The third-order valence-electron chi connectivity index (χ3n) is 3.83. The van der Waals surface area contributed by atoms with Gasteiger partial charge in [0, 0.05) is 21.7 Å². The van der Waals surface area contributed by atoms with Crippen LogP contribution in [0.4, 0.5) is 5.69 Å². The second-order valence-electron chi connectivity index (χ2n) is 5.58. The van der Waals surface area contributed by atoms with Crippen LogP contribution in [-0.4, -0.2) is 11.0 Å². The van der Waals surface area contributed by atoms with Crippen molar-refractivity contribution in [2.45, 2.75) is 12.3 Å². The molecule has 0 bridgehead atoms.